The van der Waals surface area contributed by atoms with E-state index in [1.165, 1.54) is 25.7 Å². The molecule has 2 aliphatic rings. The van der Waals surface area contributed by atoms with Crippen LogP contribution in [0.15, 0.2) is 0 Å². The van der Waals surface area contributed by atoms with Gasteiger partial charge in [0.2, 0.25) is 0 Å². The molecular formula is C12H21NOS. The zero-order valence-corrected chi connectivity index (χ0v) is 10.4. The van der Waals surface area contributed by atoms with Crippen molar-refractivity contribution in [1.29, 1.82) is 0 Å². The Morgan fingerprint density at radius 3 is 2.27 bits per heavy atom. The summed E-state index contributed by atoms with van der Waals surface area (Å²) in [6.45, 7) is 2.04. The molecule has 0 radical (unpaired) electrons. The Morgan fingerprint density at radius 2 is 1.73 bits per heavy atom. The number of rotatable bonds is 2. The van der Waals surface area contributed by atoms with Gasteiger partial charge >= 0.3 is 0 Å². The molecule has 0 spiro atoms. The third-order valence-electron chi connectivity index (χ3n) is 3.85. The second kappa shape index (κ2) is 5.35. The summed E-state index contributed by atoms with van der Waals surface area (Å²) in [6, 6.07) is 0.779. The van der Waals surface area contributed by atoms with Gasteiger partial charge in [0.1, 0.15) is 5.78 Å². The van der Waals surface area contributed by atoms with Crippen molar-refractivity contribution in [3.05, 3.63) is 0 Å². The van der Waals surface area contributed by atoms with Gasteiger partial charge in [-0.25, -0.2) is 0 Å². The van der Waals surface area contributed by atoms with Crippen LogP contribution in [0, 0.1) is 0 Å². The molecule has 1 aliphatic carbocycles. The van der Waals surface area contributed by atoms with Gasteiger partial charge in [-0.05, 0) is 31.9 Å². The van der Waals surface area contributed by atoms with Crippen molar-refractivity contribution in [2.75, 3.05) is 19.3 Å². The minimum absolute atomic E-state index is 0.462. The molecule has 2 rings (SSSR count). The summed E-state index contributed by atoms with van der Waals surface area (Å²) < 4.78 is 0. The Morgan fingerprint density at radius 1 is 1.13 bits per heavy atom. The van der Waals surface area contributed by atoms with E-state index in [0.29, 0.717) is 5.78 Å². The predicted octanol–water partition coefficient (Wildman–Crippen LogP) is 2.33. The molecule has 0 aromatic rings. The third kappa shape index (κ3) is 2.97. The Labute approximate surface area is 96.8 Å². The highest BCUT2D eigenvalue weighted by atomic mass is 32.2. The zero-order valence-electron chi connectivity index (χ0n) is 9.58. The van der Waals surface area contributed by atoms with Crippen molar-refractivity contribution < 1.29 is 4.79 Å². The molecule has 0 aromatic heterocycles. The normalized spacial score (nSPS) is 34.3. The Bertz CT molecular complexity index is 214. The summed E-state index contributed by atoms with van der Waals surface area (Å²) in [5, 5.41) is 0.896. The number of piperidine rings is 1. The van der Waals surface area contributed by atoms with Crippen molar-refractivity contribution in [2.24, 2.45) is 0 Å². The van der Waals surface area contributed by atoms with E-state index < -0.39 is 0 Å². The summed E-state index contributed by atoms with van der Waals surface area (Å²) in [6.07, 6.45) is 9.25. The number of nitrogens with zero attached hydrogens (tertiary/aromatic N) is 1. The zero-order chi connectivity index (χ0) is 10.7. The van der Waals surface area contributed by atoms with Gasteiger partial charge in [-0.15, -0.1) is 0 Å². The lowest BCUT2D eigenvalue weighted by Crippen LogP contribution is -2.43. The molecular weight excluding hydrogens is 206 g/mol. The minimum atomic E-state index is 0.462. The fraction of sp³-hybridized carbons (Fsp3) is 0.917. The lowest BCUT2D eigenvalue weighted by atomic mass is 9.92. The van der Waals surface area contributed by atoms with Crippen LogP contribution in [0.3, 0.4) is 0 Å². The molecule has 3 heteroatoms. The number of hydrogen-bond donors (Lipinski definition) is 0. The van der Waals surface area contributed by atoms with E-state index >= 15 is 0 Å². The van der Waals surface area contributed by atoms with Gasteiger partial charge in [0.25, 0.3) is 0 Å². The van der Waals surface area contributed by atoms with E-state index in [2.05, 4.69) is 11.2 Å². The van der Waals surface area contributed by atoms with Gasteiger partial charge in [-0.1, -0.05) is 0 Å². The summed E-state index contributed by atoms with van der Waals surface area (Å²) in [5.41, 5.74) is 0. The molecule has 0 unspecified atom stereocenters. The van der Waals surface area contributed by atoms with Gasteiger partial charge in [0.05, 0.1) is 0 Å². The molecule has 2 fully saturated rings. The van der Waals surface area contributed by atoms with Gasteiger partial charge in [0, 0.05) is 37.2 Å². The van der Waals surface area contributed by atoms with E-state index in [1.54, 1.807) is 0 Å². The van der Waals surface area contributed by atoms with Crippen LogP contribution < -0.4 is 0 Å². The van der Waals surface area contributed by atoms with E-state index in [9.17, 15) is 4.79 Å². The van der Waals surface area contributed by atoms with E-state index in [0.717, 1.165) is 37.2 Å². The third-order valence-corrected chi connectivity index (χ3v) is 4.99. The van der Waals surface area contributed by atoms with Crippen LogP contribution in [0.1, 0.15) is 38.5 Å². The fourth-order valence-electron chi connectivity index (χ4n) is 2.78. The first-order chi connectivity index (χ1) is 7.29. The molecule has 0 atom stereocenters. The number of thioether (sulfide) groups is 1. The number of likely N-dealkylation sites (tertiary alicyclic amines) is 1. The van der Waals surface area contributed by atoms with Crippen LogP contribution in [0.2, 0.25) is 0 Å². The van der Waals surface area contributed by atoms with Crippen molar-refractivity contribution in [3.8, 4) is 0 Å². The van der Waals surface area contributed by atoms with Crippen LogP contribution >= 0.6 is 11.8 Å². The van der Waals surface area contributed by atoms with Crippen LogP contribution in [0.5, 0.6) is 0 Å². The summed E-state index contributed by atoms with van der Waals surface area (Å²) in [5.74, 6) is 0.462. The van der Waals surface area contributed by atoms with Crippen LogP contribution in [-0.4, -0.2) is 41.3 Å². The van der Waals surface area contributed by atoms with Crippen molar-refractivity contribution >= 4 is 17.5 Å². The summed E-state index contributed by atoms with van der Waals surface area (Å²) in [4.78, 5) is 13.7. The Balaban J connectivity index is 1.78. The number of hydrogen-bond acceptors (Lipinski definition) is 3. The van der Waals surface area contributed by atoms with Gasteiger partial charge < -0.3 is 0 Å². The lowest BCUT2D eigenvalue weighted by Gasteiger charge is -2.38. The molecule has 86 valence electrons. The first-order valence-electron chi connectivity index (χ1n) is 6.08. The number of carbonyl (C=O) groups is 1. The van der Waals surface area contributed by atoms with E-state index in [1.807, 2.05) is 11.8 Å². The molecule has 0 N–H and O–H groups in total. The smallest absolute Gasteiger partial charge is 0.135 e. The van der Waals surface area contributed by atoms with Gasteiger partial charge in [0.15, 0.2) is 0 Å². The highest BCUT2D eigenvalue weighted by molar-refractivity contribution is 7.99. The molecule has 2 nitrogen and oxygen atoms in total. The maximum absolute atomic E-state index is 11.2. The number of Topliss-reactive ketones (excluding diaryl/α,β-unsaturated/α-hetero) is 1. The SMILES string of the molecule is CSC1CCC(N2CCC(=O)CC2)CC1. The van der Waals surface area contributed by atoms with Crippen LogP contribution in [-0.2, 0) is 4.79 Å². The topological polar surface area (TPSA) is 20.3 Å². The Kier molecular flexibility index (Phi) is 4.09. The van der Waals surface area contributed by atoms with Crippen LogP contribution in [0.25, 0.3) is 0 Å². The molecule has 0 amide bonds. The molecule has 0 aromatic carbocycles. The average Bonchev–Trinajstić information content (AvgIpc) is 2.30. The van der Waals surface area contributed by atoms with Crippen molar-refractivity contribution in [2.45, 2.75) is 49.8 Å². The molecule has 1 saturated heterocycles. The standard InChI is InChI=1S/C12H21NOS/c1-15-12-4-2-10(3-5-12)13-8-6-11(14)7-9-13/h10,12H,2-9H2,1H3. The Hall–Kier alpha value is -0.0200. The highest BCUT2D eigenvalue weighted by Crippen LogP contribution is 2.30. The lowest BCUT2D eigenvalue weighted by molar-refractivity contribution is -0.122. The first-order valence-corrected chi connectivity index (χ1v) is 7.37. The van der Waals surface area contributed by atoms with Crippen molar-refractivity contribution in [3.63, 3.8) is 0 Å². The first kappa shape index (κ1) is 11.5. The largest absolute Gasteiger partial charge is 0.300 e. The average molecular weight is 227 g/mol. The predicted molar refractivity (Wildman–Crippen MR) is 65.4 cm³/mol. The number of ketones is 1. The maximum Gasteiger partial charge on any atom is 0.135 e. The highest BCUT2D eigenvalue weighted by Gasteiger charge is 2.27. The van der Waals surface area contributed by atoms with Crippen molar-refractivity contribution in [1.82, 2.24) is 4.90 Å². The monoisotopic (exact) mass is 227 g/mol. The van der Waals surface area contributed by atoms with E-state index in [4.69, 9.17) is 0 Å². The maximum atomic E-state index is 11.2. The summed E-state index contributed by atoms with van der Waals surface area (Å²) in [7, 11) is 0. The second-order valence-electron chi connectivity index (χ2n) is 4.74. The number of carbonyl (C=O) groups excluding carboxylic acids is 1. The van der Waals surface area contributed by atoms with E-state index in [-0.39, 0.29) is 0 Å². The van der Waals surface area contributed by atoms with Gasteiger partial charge in [-0.3, -0.25) is 9.69 Å². The summed E-state index contributed by atoms with van der Waals surface area (Å²) >= 11 is 2.02. The molecule has 1 heterocycles. The van der Waals surface area contributed by atoms with Gasteiger partial charge in [-0.2, -0.15) is 11.8 Å². The molecule has 1 aliphatic heterocycles. The quantitative estimate of drug-likeness (QED) is 0.722. The second-order valence-corrected chi connectivity index (χ2v) is 5.88. The fourth-order valence-corrected chi connectivity index (χ4v) is 3.53. The van der Waals surface area contributed by atoms with Crippen LogP contribution in [0.4, 0.5) is 0 Å². The molecule has 15 heavy (non-hydrogen) atoms. The minimum Gasteiger partial charge on any atom is -0.300 e. The molecule has 1 saturated carbocycles. The molecule has 0 bridgehead atoms.